The van der Waals surface area contributed by atoms with E-state index >= 15 is 0 Å². The molecule has 0 nitrogen and oxygen atoms in total. The molecule has 4 rings (SSSR count). The van der Waals surface area contributed by atoms with Crippen molar-refractivity contribution in [3.8, 4) is 0 Å². The molecule has 2 aromatic carbocycles. The van der Waals surface area contributed by atoms with E-state index in [0.717, 1.165) is 11.4 Å². The van der Waals surface area contributed by atoms with E-state index in [2.05, 4.69) is 99.3 Å². The molecule has 0 bridgehead atoms. The van der Waals surface area contributed by atoms with E-state index < -0.39 is 17.4 Å². The Morgan fingerprint density at radius 2 is 1.52 bits per heavy atom. The molecule has 0 N–H and O–H groups in total. The van der Waals surface area contributed by atoms with Crippen LogP contribution >= 0.6 is 36.4 Å². The molecule has 2 aromatic rings. The van der Waals surface area contributed by atoms with Crippen LogP contribution in [0.1, 0.15) is 61.4 Å². The minimum Gasteiger partial charge on any atom is -0.147 e. The maximum atomic E-state index is 7.03. The average Bonchev–Trinajstić information content (AvgIpc) is 3.18. The van der Waals surface area contributed by atoms with E-state index in [0.29, 0.717) is 9.54 Å². The quantitative estimate of drug-likeness (QED) is 0.308. The predicted molar refractivity (Wildman–Crippen MR) is 152 cm³/mol. The van der Waals surface area contributed by atoms with E-state index in [-0.39, 0.29) is 24.8 Å². The van der Waals surface area contributed by atoms with Gasteiger partial charge in [-0.3, -0.25) is 0 Å². The molecule has 0 aromatic heterocycles. The number of halogens is 3. The van der Waals surface area contributed by atoms with E-state index in [1.807, 2.05) is 0 Å². The fourth-order valence-corrected chi connectivity index (χ4v) is 28.2. The molecule has 2 atom stereocenters. The second-order valence-electron chi connectivity index (χ2n) is 10.6. The average molecular weight is 599 g/mol. The number of hydrogen-bond acceptors (Lipinski definition) is 0. The molecule has 2 unspecified atom stereocenters. The normalized spacial score (nSPS) is 20.6. The second-order valence-corrected chi connectivity index (χ2v) is 40.5. The van der Waals surface area contributed by atoms with Crippen LogP contribution in [0.3, 0.4) is 0 Å². The summed E-state index contributed by atoms with van der Waals surface area (Å²) in [6, 6.07) is 17.5. The van der Waals surface area contributed by atoms with E-state index in [4.69, 9.17) is 11.6 Å². The van der Waals surface area contributed by atoms with Crippen molar-refractivity contribution in [1.29, 1.82) is 0 Å². The Bertz CT molecular complexity index is 1250. The van der Waals surface area contributed by atoms with Gasteiger partial charge in [0.2, 0.25) is 0 Å². The topological polar surface area (TPSA) is 0 Å². The molecule has 178 valence electrons. The van der Waals surface area contributed by atoms with Gasteiger partial charge < -0.3 is 0 Å². The maximum absolute atomic E-state index is 7.03. The van der Waals surface area contributed by atoms with Gasteiger partial charge in [0.1, 0.15) is 0 Å². The van der Waals surface area contributed by atoms with Crippen LogP contribution in [0.15, 0.2) is 74.1 Å². The van der Waals surface area contributed by atoms with Crippen molar-refractivity contribution in [2.24, 2.45) is 5.92 Å². The van der Waals surface area contributed by atoms with E-state index in [1.54, 1.807) is 20.0 Å². The summed E-state index contributed by atoms with van der Waals surface area (Å²) in [6.45, 7) is 14.2. The molecule has 0 saturated heterocycles. The van der Waals surface area contributed by atoms with Gasteiger partial charge in [0.05, 0.1) is 0 Å². The number of hydrogen-bond donors (Lipinski definition) is 0. The summed E-state index contributed by atoms with van der Waals surface area (Å²) in [6.07, 6.45) is 1.07. The van der Waals surface area contributed by atoms with Gasteiger partial charge in [-0.15, -0.1) is 24.8 Å². The van der Waals surface area contributed by atoms with Gasteiger partial charge in [-0.05, 0) is 0 Å². The van der Waals surface area contributed by atoms with Crippen molar-refractivity contribution in [3.63, 3.8) is 0 Å². The molecule has 0 heterocycles. The van der Waals surface area contributed by atoms with Gasteiger partial charge in [0, 0.05) is 0 Å². The van der Waals surface area contributed by atoms with Crippen LogP contribution < -0.4 is 0 Å². The summed E-state index contributed by atoms with van der Waals surface area (Å²) >= 11 is 3.51. The maximum Gasteiger partial charge on any atom is -0.147 e. The number of allylic oxidation sites excluding steroid dienone is 5. The molecule has 2 aliphatic rings. The Morgan fingerprint density at radius 1 is 0.909 bits per heavy atom. The minimum absolute atomic E-state index is 0. The van der Waals surface area contributed by atoms with E-state index in [9.17, 15) is 0 Å². The zero-order valence-corrected chi connectivity index (χ0v) is 27.1. The number of benzene rings is 2. The van der Waals surface area contributed by atoms with Crippen molar-refractivity contribution in [3.05, 3.63) is 95.8 Å². The zero-order valence-electron chi connectivity index (χ0n) is 20.9. The molecular weight excluding hydrogens is 562 g/mol. The largest absolute Gasteiger partial charge is 0.147 e. The van der Waals surface area contributed by atoms with Crippen LogP contribution in [0.2, 0.25) is 14.3 Å². The van der Waals surface area contributed by atoms with Crippen LogP contribution in [0.5, 0.6) is 0 Å². The summed E-state index contributed by atoms with van der Waals surface area (Å²) in [5.74, 6) is 0.544. The number of fused-ring (bicyclic) bond motifs is 1. The zero-order chi connectivity index (χ0) is 22.7. The van der Waals surface area contributed by atoms with Gasteiger partial charge in [-0.25, -0.2) is 0 Å². The molecule has 0 spiro atoms. The molecule has 0 saturated carbocycles. The molecule has 2 aliphatic carbocycles. The van der Waals surface area contributed by atoms with Crippen molar-refractivity contribution >= 4 is 48.9 Å². The van der Waals surface area contributed by atoms with Gasteiger partial charge >= 0.3 is 197 Å². The van der Waals surface area contributed by atoms with Gasteiger partial charge in [-0.2, -0.15) is 0 Å². The van der Waals surface area contributed by atoms with Crippen molar-refractivity contribution in [2.45, 2.75) is 53.9 Å². The summed E-state index contributed by atoms with van der Waals surface area (Å²) in [4.78, 5) is 0. The van der Waals surface area contributed by atoms with Crippen LogP contribution in [0.25, 0.3) is 5.57 Å². The summed E-state index contributed by atoms with van der Waals surface area (Å²) in [5, 5.41) is 0.945. The van der Waals surface area contributed by atoms with Crippen LogP contribution in [-0.2, 0) is 17.4 Å². The Hall–Kier alpha value is -0.370. The second kappa shape index (κ2) is 9.94. The first-order valence-corrected chi connectivity index (χ1v) is 25.4. The fraction of sp³-hybridized carbons (Fsp3) is 0.357. The first kappa shape index (κ1) is 28.9. The third-order valence-electron chi connectivity index (χ3n) is 8.17. The van der Waals surface area contributed by atoms with Crippen molar-refractivity contribution < 1.29 is 17.4 Å². The third kappa shape index (κ3) is 4.38. The van der Waals surface area contributed by atoms with Crippen LogP contribution in [0, 0.1) is 5.92 Å². The Balaban J connectivity index is 0.00000193. The van der Waals surface area contributed by atoms with Gasteiger partial charge in [0.15, 0.2) is 0 Å². The summed E-state index contributed by atoms with van der Waals surface area (Å²) in [5.41, 5.74) is 11.8. The monoisotopic (exact) mass is 596 g/mol. The van der Waals surface area contributed by atoms with Crippen molar-refractivity contribution in [1.82, 2.24) is 0 Å². The standard InChI is InChI=1S/C17H14Cl.C9H13.2CH3.2ClH.H2Si.Zr/c1-2-12-11-15-14(9-6-10-16(15)18)17(12)13-7-4-3-5-8-13;1-6-5-7(2)9(4)8(6)3;;;;;;/h3-11H,2H2,1H3;6H,1-4H3;2*1H3;2*1H;1H2;. The molecule has 0 fully saturated rings. The smallest absolute Gasteiger partial charge is 0.147 e. The van der Waals surface area contributed by atoms with Crippen molar-refractivity contribution in [2.75, 3.05) is 0 Å². The Kier molecular flexibility index (Phi) is 8.70. The third-order valence-corrected chi connectivity index (χ3v) is 25.6. The molecular formula is C28H37Cl3SiZr. The first-order chi connectivity index (χ1) is 14.5. The molecule has 0 radical (unpaired) electrons. The Labute approximate surface area is 220 Å². The molecule has 0 aliphatic heterocycles. The van der Waals surface area contributed by atoms with Crippen LogP contribution in [0.4, 0.5) is 0 Å². The summed E-state index contributed by atoms with van der Waals surface area (Å²) in [7, 11) is 0. The fourth-order valence-electron chi connectivity index (χ4n) is 6.73. The minimum atomic E-state index is -3.52. The Morgan fingerprint density at radius 3 is 2.03 bits per heavy atom. The van der Waals surface area contributed by atoms with Gasteiger partial charge in [-0.1, -0.05) is 0 Å². The molecule has 33 heavy (non-hydrogen) atoms. The number of rotatable bonds is 4. The van der Waals surface area contributed by atoms with E-state index in [1.165, 1.54) is 27.8 Å². The SMILES string of the molecule is CCC1=C(c2ccccc2)c2cccc(Cl)c2[CH]1[Zr]([CH3])([CH3])(=[SiH2])[C]1=C(C)C(C)=C(C)C1C.Cl.Cl. The first-order valence-electron chi connectivity index (χ1n) is 11.5. The molecule has 5 heteroatoms. The van der Waals surface area contributed by atoms with Gasteiger partial charge in [0.25, 0.3) is 0 Å². The molecule has 0 amide bonds. The summed E-state index contributed by atoms with van der Waals surface area (Å²) < 4.78 is 7.60. The van der Waals surface area contributed by atoms with Crippen LogP contribution in [-0.4, -0.2) is 6.88 Å². The predicted octanol–water partition coefficient (Wildman–Crippen LogP) is 9.04.